The minimum atomic E-state index is -3.33. The fourth-order valence-corrected chi connectivity index (χ4v) is 2.76. The molecule has 0 aromatic carbocycles. The van der Waals surface area contributed by atoms with E-state index in [0.29, 0.717) is 0 Å². The topological polar surface area (TPSA) is 65.7 Å². The van der Waals surface area contributed by atoms with E-state index in [2.05, 4.69) is 0 Å². The van der Waals surface area contributed by atoms with Crippen molar-refractivity contribution in [2.75, 3.05) is 19.4 Å². The number of hydrogen-bond donors (Lipinski definition) is 0. The van der Waals surface area contributed by atoms with E-state index in [-0.39, 0.29) is 30.9 Å². The Balaban J connectivity index is 2.69. The summed E-state index contributed by atoms with van der Waals surface area (Å²) >= 11 is 0. The number of Topliss-reactive ketones (excluding diaryl/α,β-unsaturated/α-hetero) is 1. The molecule has 0 amide bonds. The third kappa shape index (κ3) is 3.59. The van der Waals surface area contributed by atoms with E-state index < -0.39 is 7.60 Å². The van der Waals surface area contributed by atoms with Crippen molar-refractivity contribution >= 4 is 13.4 Å². The van der Waals surface area contributed by atoms with Gasteiger partial charge >= 0.3 is 7.60 Å². The molecule has 16 heavy (non-hydrogen) atoms. The molecule has 0 saturated carbocycles. The minimum Gasteiger partial charge on any atom is -0.461 e. The van der Waals surface area contributed by atoms with Crippen molar-refractivity contribution in [3.05, 3.63) is 24.2 Å². The van der Waals surface area contributed by atoms with Gasteiger partial charge in [0.05, 0.1) is 19.5 Å². The van der Waals surface area contributed by atoms with Crippen molar-refractivity contribution in [3.8, 4) is 0 Å². The van der Waals surface area contributed by atoms with Gasteiger partial charge in [0.1, 0.15) is 6.16 Å². The van der Waals surface area contributed by atoms with Crippen LogP contribution in [0.25, 0.3) is 0 Å². The smallest absolute Gasteiger partial charge is 0.338 e. The average Bonchev–Trinajstić information content (AvgIpc) is 2.70. The van der Waals surface area contributed by atoms with Crippen LogP contribution < -0.4 is 0 Å². The maximum absolute atomic E-state index is 12.0. The maximum atomic E-state index is 12.0. The molecule has 0 atom stereocenters. The average molecular weight is 246 g/mol. The van der Waals surface area contributed by atoms with E-state index in [4.69, 9.17) is 13.5 Å². The van der Waals surface area contributed by atoms with Crippen LogP contribution in [0.3, 0.4) is 0 Å². The van der Waals surface area contributed by atoms with Crippen LogP contribution in [0.15, 0.2) is 22.8 Å². The van der Waals surface area contributed by atoms with E-state index in [1.54, 1.807) is 19.9 Å². The molecular weight excluding hydrogens is 231 g/mol. The van der Waals surface area contributed by atoms with Crippen molar-refractivity contribution < 1.29 is 22.8 Å². The number of carbonyl (C=O) groups excluding carboxylic acids is 1. The number of furan rings is 1. The molecule has 1 aromatic heterocycles. The number of rotatable bonds is 7. The molecule has 0 radical (unpaired) electrons. The Morgan fingerprint density at radius 3 is 2.44 bits per heavy atom. The Bertz CT molecular complexity index is 361. The Morgan fingerprint density at radius 2 is 2.00 bits per heavy atom. The van der Waals surface area contributed by atoms with E-state index in [0.717, 1.165) is 0 Å². The molecule has 90 valence electrons. The van der Waals surface area contributed by atoms with Crippen LogP contribution in [0.5, 0.6) is 0 Å². The first kappa shape index (κ1) is 13.2. The predicted octanol–water partition coefficient (Wildman–Crippen LogP) is 2.73. The van der Waals surface area contributed by atoms with E-state index in [1.165, 1.54) is 12.3 Å². The van der Waals surface area contributed by atoms with Gasteiger partial charge in [0.25, 0.3) is 0 Å². The summed E-state index contributed by atoms with van der Waals surface area (Å²) < 4.78 is 26.9. The van der Waals surface area contributed by atoms with E-state index in [9.17, 15) is 9.36 Å². The summed E-state index contributed by atoms with van der Waals surface area (Å²) in [6.45, 7) is 3.87. The van der Waals surface area contributed by atoms with Crippen LogP contribution in [0, 0.1) is 0 Å². The molecule has 1 heterocycles. The third-order valence-corrected chi connectivity index (χ3v) is 3.76. The normalized spacial score (nSPS) is 11.6. The van der Waals surface area contributed by atoms with Gasteiger partial charge in [0.2, 0.25) is 5.78 Å². The summed E-state index contributed by atoms with van der Waals surface area (Å²) in [7, 11) is -3.33. The molecule has 5 nitrogen and oxygen atoms in total. The van der Waals surface area contributed by atoms with Crippen LogP contribution in [-0.2, 0) is 13.6 Å². The van der Waals surface area contributed by atoms with Crippen LogP contribution in [-0.4, -0.2) is 25.2 Å². The zero-order valence-corrected chi connectivity index (χ0v) is 10.2. The van der Waals surface area contributed by atoms with Gasteiger partial charge in [-0.3, -0.25) is 9.36 Å². The first-order chi connectivity index (χ1) is 7.61. The Labute approximate surface area is 94.3 Å². The molecule has 0 fully saturated rings. The Hall–Kier alpha value is -0.900. The van der Waals surface area contributed by atoms with Gasteiger partial charge in [-0.1, -0.05) is 0 Å². The second kappa shape index (κ2) is 5.99. The van der Waals surface area contributed by atoms with Gasteiger partial charge in [0, 0.05) is 0 Å². The molecule has 0 bridgehead atoms. The van der Waals surface area contributed by atoms with Crippen molar-refractivity contribution in [2.45, 2.75) is 13.8 Å². The highest BCUT2D eigenvalue weighted by atomic mass is 31.2. The molecule has 1 rings (SSSR count). The van der Waals surface area contributed by atoms with Gasteiger partial charge in [-0.05, 0) is 26.0 Å². The Kier molecular flexibility index (Phi) is 4.93. The second-order valence-corrected chi connectivity index (χ2v) is 5.06. The number of ketones is 1. The molecule has 0 aliphatic heterocycles. The molecular formula is C10H15O5P. The number of hydrogen-bond acceptors (Lipinski definition) is 5. The molecule has 0 N–H and O–H groups in total. The highest BCUT2D eigenvalue weighted by Crippen LogP contribution is 2.48. The maximum Gasteiger partial charge on any atom is 0.338 e. The fraction of sp³-hybridized carbons (Fsp3) is 0.500. The molecule has 0 aliphatic rings. The Morgan fingerprint density at radius 1 is 1.38 bits per heavy atom. The quantitative estimate of drug-likeness (QED) is 0.546. The molecule has 6 heteroatoms. The van der Waals surface area contributed by atoms with Gasteiger partial charge in [-0.25, -0.2) is 0 Å². The highest BCUT2D eigenvalue weighted by molar-refractivity contribution is 7.54. The van der Waals surface area contributed by atoms with Crippen LogP contribution in [0.4, 0.5) is 0 Å². The fourth-order valence-electron chi connectivity index (χ4n) is 1.21. The third-order valence-electron chi connectivity index (χ3n) is 1.78. The lowest BCUT2D eigenvalue weighted by atomic mass is 10.3. The van der Waals surface area contributed by atoms with Crippen molar-refractivity contribution in [3.63, 3.8) is 0 Å². The molecule has 0 saturated heterocycles. The van der Waals surface area contributed by atoms with Gasteiger partial charge in [0.15, 0.2) is 5.76 Å². The van der Waals surface area contributed by atoms with Crippen molar-refractivity contribution in [2.24, 2.45) is 0 Å². The van der Waals surface area contributed by atoms with E-state index >= 15 is 0 Å². The molecule has 0 unspecified atom stereocenters. The first-order valence-electron chi connectivity index (χ1n) is 5.06. The van der Waals surface area contributed by atoms with E-state index in [1.807, 2.05) is 0 Å². The summed E-state index contributed by atoms with van der Waals surface area (Å²) in [6.07, 6.45) is 1.10. The van der Waals surface area contributed by atoms with Crippen LogP contribution in [0.1, 0.15) is 24.4 Å². The summed E-state index contributed by atoms with van der Waals surface area (Å²) in [5.74, 6) is -0.213. The zero-order valence-electron chi connectivity index (χ0n) is 9.34. The predicted molar refractivity (Wildman–Crippen MR) is 58.8 cm³/mol. The standard InChI is InChI=1S/C10H15O5P/c1-3-14-16(12,15-4-2)8-9(11)10-6-5-7-13-10/h5-7H,3-4,8H2,1-2H3. The summed E-state index contributed by atoms with van der Waals surface area (Å²) in [5, 5.41) is 0. The van der Waals surface area contributed by atoms with Crippen LogP contribution in [0.2, 0.25) is 0 Å². The van der Waals surface area contributed by atoms with Crippen LogP contribution >= 0.6 is 7.60 Å². The van der Waals surface area contributed by atoms with Crippen molar-refractivity contribution in [1.82, 2.24) is 0 Å². The summed E-state index contributed by atoms with van der Waals surface area (Å²) in [5.41, 5.74) is 0. The molecule has 0 aliphatic carbocycles. The molecule has 1 aromatic rings. The highest BCUT2D eigenvalue weighted by Gasteiger charge is 2.29. The lowest BCUT2D eigenvalue weighted by Crippen LogP contribution is -2.09. The van der Waals surface area contributed by atoms with Gasteiger partial charge < -0.3 is 13.5 Å². The number of carbonyl (C=O) groups is 1. The summed E-state index contributed by atoms with van der Waals surface area (Å²) in [6, 6.07) is 3.12. The minimum absolute atomic E-state index is 0.166. The van der Waals surface area contributed by atoms with Gasteiger partial charge in [-0.2, -0.15) is 0 Å². The van der Waals surface area contributed by atoms with Gasteiger partial charge in [-0.15, -0.1) is 0 Å². The summed E-state index contributed by atoms with van der Waals surface area (Å²) in [4.78, 5) is 11.6. The first-order valence-corrected chi connectivity index (χ1v) is 6.79. The lowest BCUT2D eigenvalue weighted by Gasteiger charge is -2.15. The zero-order chi connectivity index (χ0) is 12.0. The largest absolute Gasteiger partial charge is 0.461 e. The molecule has 0 spiro atoms. The van der Waals surface area contributed by atoms with Crippen molar-refractivity contribution in [1.29, 1.82) is 0 Å². The lowest BCUT2D eigenvalue weighted by molar-refractivity contribution is 0.0979. The monoisotopic (exact) mass is 246 g/mol. The SMILES string of the molecule is CCOP(=O)(CC(=O)c1ccco1)OCC. The second-order valence-electron chi connectivity index (χ2n) is 3.01.